The molecule has 0 saturated heterocycles. The Morgan fingerprint density at radius 3 is 2.56 bits per heavy atom. The monoisotopic (exact) mass is 226 g/mol. The molecule has 16 heavy (non-hydrogen) atoms. The Bertz CT molecular complexity index is 394. The number of nitro groups is 1. The molecule has 0 saturated carbocycles. The second-order valence-corrected chi connectivity index (χ2v) is 4.15. The van der Waals surface area contributed by atoms with Crippen molar-refractivity contribution in [1.82, 2.24) is 0 Å². The SMILES string of the molecule is CC(C)C(N)Cc1ccc([N+](=O)[O-])c(F)c1. The lowest BCUT2D eigenvalue weighted by Crippen LogP contribution is -2.28. The van der Waals surface area contributed by atoms with Crippen LogP contribution in [0.15, 0.2) is 18.2 Å². The van der Waals surface area contributed by atoms with Gasteiger partial charge in [-0.2, -0.15) is 4.39 Å². The molecule has 0 radical (unpaired) electrons. The zero-order valence-electron chi connectivity index (χ0n) is 9.31. The van der Waals surface area contributed by atoms with Gasteiger partial charge in [0.15, 0.2) is 0 Å². The first-order valence-electron chi connectivity index (χ1n) is 5.10. The molecule has 88 valence electrons. The highest BCUT2D eigenvalue weighted by Crippen LogP contribution is 2.19. The van der Waals surface area contributed by atoms with E-state index in [1.165, 1.54) is 12.1 Å². The van der Waals surface area contributed by atoms with Crippen LogP contribution in [0.25, 0.3) is 0 Å². The van der Waals surface area contributed by atoms with Crippen LogP contribution < -0.4 is 5.73 Å². The smallest absolute Gasteiger partial charge is 0.304 e. The van der Waals surface area contributed by atoms with Gasteiger partial charge in [-0.1, -0.05) is 19.9 Å². The summed E-state index contributed by atoms with van der Waals surface area (Å²) in [6.07, 6.45) is 0.520. The highest BCUT2D eigenvalue weighted by molar-refractivity contribution is 5.35. The average Bonchev–Trinajstić information content (AvgIpc) is 2.16. The first-order chi connectivity index (χ1) is 7.41. The summed E-state index contributed by atoms with van der Waals surface area (Å²) in [6.45, 7) is 3.96. The molecule has 1 aromatic rings. The van der Waals surface area contributed by atoms with Gasteiger partial charge in [0.2, 0.25) is 5.82 Å². The summed E-state index contributed by atoms with van der Waals surface area (Å²) in [5, 5.41) is 10.4. The highest BCUT2D eigenvalue weighted by atomic mass is 19.1. The normalized spacial score (nSPS) is 12.8. The number of hydrogen-bond donors (Lipinski definition) is 1. The predicted octanol–water partition coefficient (Wildman–Crippen LogP) is 2.26. The summed E-state index contributed by atoms with van der Waals surface area (Å²) >= 11 is 0. The summed E-state index contributed by atoms with van der Waals surface area (Å²) in [7, 11) is 0. The van der Waals surface area contributed by atoms with Crippen molar-refractivity contribution in [2.24, 2.45) is 11.7 Å². The van der Waals surface area contributed by atoms with Gasteiger partial charge < -0.3 is 5.73 Å². The number of nitrogens with zero attached hydrogens (tertiary/aromatic N) is 1. The van der Waals surface area contributed by atoms with Crippen molar-refractivity contribution in [3.05, 3.63) is 39.7 Å². The third-order valence-electron chi connectivity index (χ3n) is 2.54. The first-order valence-corrected chi connectivity index (χ1v) is 5.10. The van der Waals surface area contributed by atoms with Crippen LogP contribution in [0.5, 0.6) is 0 Å². The summed E-state index contributed by atoms with van der Waals surface area (Å²) in [5.41, 5.74) is 6.03. The molecule has 0 aliphatic rings. The lowest BCUT2D eigenvalue weighted by atomic mass is 9.97. The zero-order valence-corrected chi connectivity index (χ0v) is 9.31. The Morgan fingerprint density at radius 1 is 1.50 bits per heavy atom. The van der Waals surface area contributed by atoms with Gasteiger partial charge in [0.05, 0.1) is 4.92 Å². The molecule has 4 nitrogen and oxygen atoms in total. The van der Waals surface area contributed by atoms with E-state index in [0.29, 0.717) is 17.9 Å². The third-order valence-corrected chi connectivity index (χ3v) is 2.54. The van der Waals surface area contributed by atoms with Gasteiger partial charge in [-0.05, 0) is 24.0 Å². The van der Waals surface area contributed by atoms with E-state index in [2.05, 4.69) is 0 Å². The second-order valence-electron chi connectivity index (χ2n) is 4.15. The van der Waals surface area contributed by atoms with E-state index in [-0.39, 0.29) is 6.04 Å². The average molecular weight is 226 g/mol. The van der Waals surface area contributed by atoms with Crippen molar-refractivity contribution in [2.45, 2.75) is 26.3 Å². The lowest BCUT2D eigenvalue weighted by Gasteiger charge is -2.15. The molecule has 1 rings (SSSR count). The Morgan fingerprint density at radius 2 is 2.12 bits per heavy atom. The largest absolute Gasteiger partial charge is 0.327 e. The number of halogens is 1. The van der Waals surface area contributed by atoms with Gasteiger partial charge in [-0.15, -0.1) is 0 Å². The Kier molecular flexibility index (Phi) is 3.95. The van der Waals surface area contributed by atoms with Crippen LogP contribution in [0, 0.1) is 21.8 Å². The molecule has 0 bridgehead atoms. The van der Waals surface area contributed by atoms with Crippen LogP contribution in [0.1, 0.15) is 19.4 Å². The molecular formula is C11H15FN2O2. The molecule has 1 atom stereocenters. The first kappa shape index (κ1) is 12.6. The van der Waals surface area contributed by atoms with Crippen molar-refractivity contribution >= 4 is 5.69 Å². The van der Waals surface area contributed by atoms with Crippen LogP contribution in [-0.4, -0.2) is 11.0 Å². The summed E-state index contributed by atoms with van der Waals surface area (Å²) in [6, 6.07) is 3.84. The van der Waals surface area contributed by atoms with E-state index >= 15 is 0 Å². The molecule has 0 spiro atoms. The fraction of sp³-hybridized carbons (Fsp3) is 0.455. The number of benzene rings is 1. The maximum Gasteiger partial charge on any atom is 0.304 e. The van der Waals surface area contributed by atoms with Crippen LogP contribution >= 0.6 is 0 Å². The summed E-state index contributed by atoms with van der Waals surface area (Å²) in [4.78, 5) is 9.67. The van der Waals surface area contributed by atoms with Crippen molar-refractivity contribution < 1.29 is 9.31 Å². The van der Waals surface area contributed by atoms with Gasteiger partial charge >= 0.3 is 5.69 Å². The van der Waals surface area contributed by atoms with E-state index in [1.807, 2.05) is 13.8 Å². The number of nitrogens with two attached hydrogens (primary N) is 1. The number of nitro benzene ring substituents is 1. The predicted molar refractivity (Wildman–Crippen MR) is 59.6 cm³/mol. The van der Waals surface area contributed by atoms with Crippen molar-refractivity contribution in [3.8, 4) is 0 Å². The van der Waals surface area contributed by atoms with Crippen molar-refractivity contribution in [2.75, 3.05) is 0 Å². The minimum absolute atomic E-state index is 0.0687. The Hall–Kier alpha value is -1.49. The van der Waals surface area contributed by atoms with E-state index in [0.717, 1.165) is 0 Å². The molecule has 0 fully saturated rings. The van der Waals surface area contributed by atoms with Gasteiger partial charge in [0, 0.05) is 12.1 Å². The minimum atomic E-state index is -0.807. The fourth-order valence-corrected chi connectivity index (χ4v) is 1.33. The van der Waals surface area contributed by atoms with Gasteiger partial charge in [-0.3, -0.25) is 10.1 Å². The van der Waals surface area contributed by atoms with E-state index < -0.39 is 16.4 Å². The van der Waals surface area contributed by atoms with E-state index in [4.69, 9.17) is 5.73 Å². The van der Waals surface area contributed by atoms with Crippen LogP contribution in [-0.2, 0) is 6.42 Å². The molecule has 0 aromatic heterocycles. The molecule has 0 aliphatic heterocycles. The number of rotatable bonds is 4. The Balaban J connectivity index is 2.85. The van der Waals surface area contributed by atoms with Crippen molar-refractivity contribution in [1.29, 1.82) is 0 Å². The summed E-state index contributed by atoms with van der Waals surface area (Å²) in [5.74, 6) is -0.517. The summed E-state index contributed by atoms with van der Waals surface area (Å²) < 4.78 is 13.3. The van der Waals surface area contributed by atoms with Crippen LogP contribution in [0.2, 0.25) is 0 Å². The maximum absolute atomic E-state index is 13.3. The molecule has 1 aromatic carbocycles. The molecular weight excluding hydrogens is 211 g/mol. The van der Waals surface area contributed by atoms with E-state index in [1.54, 1.807) is 6.07 Å². The minimum Gasteiger partial charge on any atom is -0.327 e. The second kappa shape index (κ2) is 5.03. The standard InChI is InChI=1S/C11H15FN2O2/c1-7(2)10(13)6-8-3-4-11(14(15)16)9(12)5-8/h3-5,7,10H,6,13H2,1-2H3. The Labute approximate surface area is 93.4 Å². The van der Waals surface area contributed by atoms with Gasteiger partial charge in [0.1, 0.15) is 0 Å². The quantitative estimate of drug-likeness (QED) is 0.632. The molecule has 0 amide bonds. The van der Waals surface area contributed by atoms with Crippen molar-refractivity contribution in [3.63, 3.8) is 0 Å². The van der Waals surface area contributed by atoms with E-state index in [9.17, 15) is 14.5 Å². The topological polar surface area (TPSA) is 69.2 Å². The molecule has 0 heterocycles. The third kappa shape index (κ3) is 3.00. The zero-order chi connectivity index (χ0) is 12.3. The highest BCUT2D eigenvalue weighted by Gasteiger charge is 2.15. The fourth-order valence-electron chi connectivity index (χ4n) is 1.33. The molecule has 5 heteroatoms. The molecule has 2 N–H and O–H groups in total. The van der Waals surface area contributed by atoms with Crippen LogP contribution in [0.4, 0.5) is 10.1 Å². The van der Waals surface area contributed by atoms with Gasteiger partial charge in [-0.25, -0.2) is 0 Å². The lowest BCUT2D eigenvalue weighted by molar-refractivity contribution is -0.387. The maximum atomic E-state index is 13.3. The van der Waals surface area contributed by atoms with Crippen LogP contribution in [0.3, 0.4) is 0 Å². The molecule has 0 aliphatic carbocycles. The number of hydrogen-bond acceptors (Lipinski definition) is 3. The molecule has 1 unspecified atom stereocenters. The van der Waals surface area contributed by atoms with Gasteiger partial charge in [0.25, 0.3) is 0 Å².